The summed E-state index contributed by atoms with van der Waals surface area (Å²) in [4.78, 5) is 17.4. The Kier molecular flexibility index (Phi) is 9.10. The van der Waals surface area contributed by atoms with Crippen molar-refractivity contribution in [3.8, 4) is 22.9 Å². The molecule has 10 nitrogen and oxygen atoms in total. The number of methoxy groups -OCH3 is 2. The normalized spacial score (nSPS) is 11.2. The molecular weight excluding hydrogens is 538 g/mol. The molecule has 4 rings (SSSR count). The van der Waals surface area contributed by atoms with Gasteiger partial charge in [0.2, 0.25) is 11.1 Å². The van der Waals surface area contributed by atoms with Crippen LogP contribution in [0, 0.1) is 6.92 Å². The number of rotatable bonds is 12. The van der Waals surface area contributed by atoms with Gasteiger partial charge in [-0.05, 0) is 36.8 Å². The van der Waals surface area contributed by atoms with Crippen LogP contribution in [0.3, 0.4) is 0 Å². The van der Waals surface area contributed by atoms with Gasteiger partial charge in [-0.25, -0.2) is 13.4 Å². The van der Waals surface area contributed by atoms with Crippen molar-refractivity contribution in [2.45, 2.75) is 17.0 Å². The van der Waals surface area contributed by atoms with Crippen molar-refractivity contribution in [1.82, 2.24) is 20.5 Å². The Hall–Kier alpha value is -4.03. The van der Waals surface area contributed by atoms with E-state index in [0.717, 1.165) is 15.4 Å². The lowest BCUT2D eigenvalue weighted by Gasteiger charge is -2.25. The highest BCUT2D eigenvalue weighted by Crippen LogP contribution is 2.32. The molecule has 4 aromatic rings. The number of H-pyrrole nitrogens is 1. The number of sulfonamides is 1. The molecule has 1 amide bonds. The number of anilines is 1. The molecule has 0 saturated heterocycles. The van der Waals surface area contributed by atoms with Crippen LogP contribution in [0.1, 0.15) is 5.56 Å². The van der Waals surface area contributed by atoms with E-state index in [4.69, 9.17) is 9.47 Å². The van der Waals surface area contributed by atoms with E-state index in [1.807, 2.05) is 30.3 Å². The van der Waals surface area contributed by atoms with E-state index >= 15 is 0 Å². The van der Waals surface area contributed by atoms with Crippen LogP contribution in [0.2, 0.25) is 0 Å². The molecule has 0 aliphatic carbocycles. The van der Waals surface area contributed by atoms with Crippen molar-refractivity contribution < 1.29 is 22.7 Å². The summed E-state index contributed by atoms with van der Waals surface area (Å²) in [6, 6.07) is 21.1. The predicted octanol–water partition coefficient (Wildman–Crippen LogP) is 3.90. The Bertz CT molecular complexity index is 1530. The van der Waals surface area contributed by atoms with Gasteiger partial charge in [-0.2, -0.15) is 0 Å². The van der Waals surface area contributed by atoms with Crippen molar-refractivity contribution in [1.29, 1.82) is 0 Å². The fourth-order valence-electron chi connectivity index (χ4n) is 3.74. The van der Waals surface area contributed by atoms with Gasteiger partial charge < -0.3 is 14.8 Å². The van der Waals surface area contributed by atoms with Gasteiger partial charge in [-0.1, -0.05) is 54.2 Å². The number of ether oxygens (including phenoxy) is 2. The van der Waals surface area contributed by atoms with E-state index in [0.29, 0.717) is 29.0 Å². The highest BCUT2D eigenvalue weighted by Gasteiger charge is 2.30. The third-order valence-corrected chi connectivity index (χ3v) is 8.33. The van der Waals surface area contributed by atoms with Crippen LogP contribution in [0.25, 0.3) is 11.4 Å². The summed E-state index contributed by atoms with van der Waals surface area (Å²) in [7, 11) is -1.28. The quantitative estimate of drug-likeness (QED) is 0.195. The van der Waals surface area contributed by atoms with Crippen molar-refractivity contribution in [3.05, 3.63) is 78.4 Å². The number of thioether (sulfide) groups is 1. The summed E-state index contributed by atoms with van der Waals surface area (Å²) >= 11 is 1.37. The number of aromatic amines is 1. The standard InChI is InChI=1S/C27H29N5O5S2/c1-19-12-13-23(37-3)24(16-19)39(34,35)32(21-10-7-11-22(17-21)36-2)18-25(33)28-14-15-38-27-29-26(30-31-27)20-8-5-4-6-9-20/h4-13,16-17H,14-15,18H2,1-3H3,(H,28,33)(H,29,30,31). The number of carbonyl (C=O) groups excluding carboxylic acids is 1. The minimum atomic E-state index is -4.17. The van der Waals surface area contributed by atoms with Crippen LogP contribution in [0.5, 0.6) is 11.5 Å². The fraction of sp³-hybridized carbons (Fsp3) is 0.222. The molecular formula is C27H29N5O5S2. The summed E-state index contributed by atoms with van der Waals surface area (Å²) in [6.07, 6.45) is 0. The zero-order valence-corrected chi connectivity index (χ0v) is 23.4. The first-order chi connectivity index (χ1) is 18.8. The van der Waals surface area contributed by atoms with Crippen LogP contribution >= 0.6 is 11.8 Å². The lowest BCUT2D eigenvalue weighted by Crippen LogP contribution is -2.41. The third-order valence-electron chi connectivity index (χ3n) is 5.68. The highest BCUT2D eigenvalue weighted by molar-refractivity contribution is 7.99. The second kappa shape index (κ2) is 12.7. The van der Waals surface area contributed by atoms with Crippen LogP contribution in [0.4, 0.5) is 5.69 Å². The van der Waals surface area contributed by atoms with Crippen molar-refractivity contribution in [2.24, 2.45) is 0 Å². The summed E-state index contributed by atoms with van der Waals surface area (Å²) in [5.41, 5.74) is 1.95. The monoisotopic (exact) mass is 567 g/mol. The minimum Gasteiger partial charge on any atom is -0.497 e. The molecule has 0 atom stereocenters. The SMILES string of the molecule is COc1cccc(N(CC(=O)NCCSc2n[nH]c(-c3ccccc3)n2)S(=O)(=O)c2cc(C)ccc2OC)c1. The molecule has 0 radical (unpaired) electrons. The Morgan fingerprint density at radius 1 is 1.03 bits per heavy atom. The molecule has 3 aromatic carbocycles. The summed E-state index contributed by atoms with van der Waals surface area (Å²) in [5, 5.41) is 10.5. The van der Waals surface area contributed by atoms with E-state index in [1.54, 1.807) is 43.3 Å². The average Bonchev–Trinajstić information content (AvgIpc) is 3.43. The Labute approximate surface area is 231 Å². The second-order valence-electron chi connectivity index (χ2n) is 8.40. The molecule has 0 fully saturated rings. The van der Waals surface area contributed by atoms with Gasteiger partial charge in [0.25, 0.3) is 10.0 Å². The first-order valence-corrected chi connectivity index (χ1v) is 14.4. The summed E-state index contributed by atoms with van der Waals surface area (Å²) < 4.78 is 39.3. The molecule has 1 heterocycles. The maximum absolute atomic E-state index is 13.8. The minimum absolute atomic E-state index is 0.0324. The van der Waals surface area contributed by atoms with E-state index in [9.17, 15) is 13.2 Å². The van der Waals surface area contributed by atoms with Crippen LogP contribution < -0.4 is 19.1 Å². The first kappa shape index (κ1) is 28.0. The number of amides is 1. The Morgan fingerprint density at radius 2 is 1.82 bits per heavy atom. The number of nitrogens with zero attached hydrogens (tertiary/aromatic N) is 3. The fourth-order valence-corrected chi connectivity index (χ4v) is 6.05. The number of aromatic nitrogens is 3. The van der Waals surface area contributed by atoms with Gasteiger partial charge in [-0.3, -0.25) is 14.2 Å². The molecule has 0 spiro atoms. The van der Waals surface area contributed by atoms with Crippen LogP contribution in [0.15, 0.2) is 82.8 Å². The molecule has 204 valence electrons. The van der Waals surface area contributed by atoms with Gasteiger partial charge in [0.15, 0.2) is 5.82 Å². The van der Waals surface area contributed by atoms with E-state index in [1.165, 1.54) is 32.0 Å². The average molecular weight is 568 g/mol. The number of carbonyl (C=O) groups is 1. The number of nitrogens with one attached hydrogen (secondary N) is 2. The van der Waals surface area contributed by atoms with E-state index in [-0.39, 0.29) is 16.3 Å². The maximum Gasteiger partial charge on any atom is 0.268 e. The number of benzene rings is 3. The van der Waals surface area contributed by atoms with Crippen molar-refractivity contribution in [2.75, 3.05) is 37.4 Å². The smallest absolute Gasteiger partial charge is 0.268 e. The van der Waals surface area contributed by atoms with E-state index in [2.05, 4.69) is 20.5 Å². The molecule has 2 N–H and O–H groups in total. The Morgan fingerprint density at radius 3 is 2.56 bits per heavy atom. The maximum atomic E-state index is 13.8. The van der Waals surface area contributed by atoms with Gasteiger partial charge in [0.1, 0.15) is 22.9 Å². The van der Waals surface area contributed by atoms with E-state index < -0.39 is 22.5 Å². The van der Waals surface area contributed by atoms with Gasteiger partial charge in [0, 0.05) is 23.9 Å². The largest absolute Gasteiger partial charge is 0.497 e. The van der Waals surface area contributed by atoms with Gasteiger partial charge in [-0.15, -0.1) is 5.10 Å². The molecule has 0 aliphatic rings. The molecule has 12 heteroatoms. The molecule has 0 saturated carbocycles. The third kappa shape index (κ3) is 6.89. The number of hydrogen-bond donors (Lipinski definition) is 2. The Balaban J connectivity index is 1.46. The number of aryl methyl sites for hydroxylation is 1. The second-order valence-corrected chi connectivity index (χ2v) is 11.3. The zero-order chi connectivity index (χ0) is 27.8. The zero-order valence-electron chi connectivity index (χ0n) is 21.7. The lowest BCUT2D eigenvalue weighted by atomic mass is 10.2. The predicted molar refractivity (Wildman–Crippen MR) is 151 cm³/mol. The van der Waals surface area contributed by atoms with Gasteiger partial charge in [0.05, 0.1) is 19.9 Å². The van der Waals surface area contributed by atoms with Crippen molar-refractivity contribution in [3.63, 3.8) is 0 Å². The summed E-state index contributed by atoms with van der Waals surface area (Å²) in [6.45, 7) is 1.64. The van der Waals surface area contributed by atoms with Crippen LogP contribution in [-0.2, 0) is 14.8 Å². The number of hydrogen-bond acceptors (Lipinski definition) is 8. The van der Waals surface area contributed by atoms with Crippen molar-refractivity contribution >= 4 is 33.4 Å². The molecule has 0 aliphatic heterocycles. The molecule has 0 unspecified atom stereocenters. The topological polar surface area (TPSA) is 127 Å². The first-order valence-electron chi connectivity index (χ1n) is 12.0. The lowest BCUT2D eigenvalue weighted by molar-refractivity contribution is -0.119. The highest BCUT2D eigenvalue weighted by atomic mass is 32.2. The molecule has 1 aromatic heterocycles. The van der Waals surface area contributed by atoms with Gasteiger partial charge >= 0.3 is 0 Å². The van der Waals surface area contributed by atoms with Crippen LogP contribution in [-0.4, -0.2) is 62.6 Å². The molecule has 0 bridgehead atoms. The summed E-state index contributed by atoms with van der Waals surface area (Å²) in [5.74, 6) is 1.34. The molecule has 39 heavy (non-hydrogen) atoms.